The monoisotopic (exact) mass is 325 g/mol. The van der Waals surface area contributed by atoms with Gasteiger partial charge in [0.2, 0.25) is 0 Å². The summed E-state index contributed by atoms with van der Waals surface area (Å²) in [5, 5.41) is 2.72. The van der Waals surface area contributed by atoms with E-state index >= 15 is 0 Å². The average molecular weight is 325 g/mol. The van der Waals surface area contributed by atoms with Crippen LogP contribution in [0.25, 0.3) is 0 Å². The zero-order chi connectivity index (χ0) is 16.5. The van der Waals surface area contributed by atoms with Gasteiger partial charge in [0.25, 0.3) is 5.79 Å². The van der Waals surface area contributed by atoms with Gasteiger partial charge < -0.3 is 14.8 Å². The van der Waals surface area contributed by atoms with E-state index in [1.54, 1.807) is 0 Å². The summed E-state index contributed by atoms with van der Waals surface area (Å²) in [7, 11) is -3.28. The summed E-state index contributed by atoms with van der Waals surface area (Å²) in [5.41, 5.74) is 0.233. The molecule has 0 bridgehead atoms. The number of nitrogens with one attached hydrogen (secondary N) is 1. The van der Waals surface area contributed by atoms with Crippen LogP contribution in [0, 0.1) is 0 Å². The molecule has 0 aliphatic carbocycles. The number of anilines is 1. The second kappa shape index (κ2) is 5.45. The molecule has 118 valence electrons. The summed E-state index contributed by atoms with van der Waals surface area (Å²) in [6.07, 6.45) is 2.27. The van der Waals surface area contributed by atoms with Crippen molar-refractivity contribution in [2.24, 2.45) is 0 Å². The van der Waals surface area contributed by atoms with Crippen LogP contribution in [0.5, 0.6) is 0 Å². The van der Waals surface area contributed by atoms with E-state index in [0.29, 0.717) is 5.69 Å². The van der Waals surface area contributed by atoms with E-state index in [1.165, 1.54) is 38.1 Å². The van der Waals surface area contributed by atoms with Crippen LogP contribution in [0.4, 0.5) is 5.69 Å². The predicted molar refractivity (Wildman–Crippen MR) is 77.5 cm³/mol. The van der Waals surface area contributed by atoms with Gasteiger partial charge in [-0.1, -0.05) is 0 Å². The van der Waals surface area contributed by atoms with Gasteiger partial charge in [0.15, 0.2) is 15.4 Å². The van der Waals surface area contributed by atoms with Crippen LogP contribution in [-0.4, -0.2) is 32.4 Å². The predicted octanol–water partition coefficient (Wildman–Crippen LogP) is 1.22. The van der Waals surface area contributed by atoms with Gasteiger partial charge in [-0.3, -0.25) is 0 Å². The second-order valence-electron chi connectivity index (χ2n) is 5.18. The lowest BCUT2D eigenvalue weighted by Crippen LogP contribution is -2.42. The van der Waals surface area contributed by atoms with E-state index in [1.807, 2.05) is 0 Å². The molecule has 1 aliphatic rings. The standard InChI is InChI=1S/C14H15NO6S/c1-14(2)20-12(16)11(13(17)21-14)8-15-9-4-6-10(7-5-9)22(3,18)19/h4-8,15H,1-3H3. The van der Waals surface area contributed by atoms with Crippen molar-refractivity contribution in [1.82, 2.24) is 0 Å². The Balaban J connectivity index is 2.15. The Morgan fingerprint density at radius 3 is 2.00 bits per heavy atom. The Morgan fingerprint density at radius 2 is 1.55 bits per heavy atom. The lowest BCUT2D eigenvalue weighted by atomic mass is 10.2. The third-order valence-corrected chi connectivity index (χ3v) is 3.91. The molecule has 1 aromatic carbocycles. The van der Waals surface area contributed by atoms with Crippen LogP contribution in [0.3, 0.4) is 0 Å². The summed E-state index contributed by atoms with van der Waals surface area (Å²) in [6.45, 7) is 2.91. The molecule has 0 saturated carbocycles. The van der Waals surface area contributed by atoms with Gasteiger partial charge in [0.1, 0.15) is 0 Å². The Kier molecular flexibility index (Phi) is 3.97. The second-order valence-corrected chi connectivity index (χ2v) is 7.19. The number of carbonyl (C=O) groups excluding carboxylic acids is 2. The van der Waals surface area contributed by atoms with Gasteiger partial charge in [-0.05, 0) is 24.3 Å². The molecule has 2 rings (SSSR count). The number of carbonyl (C=O) groups is 2. The summed E-state index contributed by atoms with van der Waals surface area (Å²) >= 11 is 0. The third kappa shape index (κ3) is 3.64. The first-order valence-electron chi connectivity index (χ1n) is 6.32. The maximum Gasteiger partial charge on any atom is 0.350 e. The van der Waals surface area contributed by atoms with Crippen molar-refractivity contribution in [3.63, 3.8) is 0 Å². The largest absolute Gasteiger partial charge is 0.419 e. The van der Waals surface area contributed by atoms with Crippen molar-refractivity contribution in [2.45, 2.75) is 24.5 Å². The Bertz CT molecular complexity index is 724. The molecule has 22 heavy (non-hydrogen) atoms. The number of hydrogen-bond acceptors (Lipinski definition) is 7. The van der Waals surface area contributed by atoms with Gasteiger partial charge >= 0.3 is 11.9 Å². The van der Waals surface area contributed by atoms with Gasteiger partial charge in [-0.15, -0.1) is 0 Å². The highest BCUT2D eigenvalue weighted by molar-refractivity contribution is 7.90. The van der Waals surface area contributed by atoms with Gasteiger partial charge in [0.05, 0.1) is 4.90 Å². The van der Waals surface area contributed by atoms with Crippen molar-refractivity contribution in [3.8, 4) is 0 Å². The quantitative estimate of drug-likeness (QED) is 0.507. The topological polar surface area (TPSA) is 98.8 Å². The van der Waals surface area contributed by atoms with E-state index in [9.17, 15) is 18.0 Å². The van der Waals surface area contributed by atoms with E-state index < -0.39 is 27.6 Å². The minimum absolute atomic E-state index is 0.170. The van der Waals surface area contributed by atoms with Crippen molar-refractivity contribution in [1.29, 1.82) is 0 Å². The fourth-order valence-electron chi connectivity index (χ4n) is 1.73. The molecule has 1 saturated heterocycles. The molecule has 0 atom stereocenters. The van der Waals surface area contributed by atoms with Crippen LogP contribution in [0.15, 0.2) is 40.9 Å². The van der Waals surface area contributed by atoms with Crippen molar-refractivity contribution in [2.75, 3.05) is 11.6 Å². The Hall–Kier alpha value is -2.35. The zero-order valence-electron chi connectivity index (χ0n) is 12.2. The molecule has 0 aromatic heterocycles. The van der Waals surface area contributed by atoms with Gasteiger partial charge in [-0.25, -0.2) is 18.0 Å². The molecule has 8 heteroatoms. The van der Waals surface area contributed by atoms with Crippen molar-refractivity contribution in [3.05, 3.63) is 36.0 Å². The first kappa shape index (κ1) is 16.0. The molecule has 0 amide bonds. The molecule has 1 aromatic rings. The number of cyclic esters (lactones) is 2. The minimum Gasteiger partial charge on any atom is -0.419 e. The number of ether oxygens (including phenoxy) is 2. The molecule has 1 heterocycles. The third-order valence-electron chi connectivity index (χ3n) is 2.78. The fourth-order valence-corrected chi connectivity index (χ4v) is 2.36. The Morgan fingerprint density at radius 1 is 1.05 bits per heavy atom. The average Bonchev–Trinajstić information content (AvgIpc) is 2.35. The lowest BCUT2D eigenvalue weighted by Gasteiger charge is -2.29. The summed E-state index contributed by atoms with van der Waals surface area (Å²) in [4.78, 5) is 23.6. The molecule has 1 fully saturated rings. The highest BCUT2D eigenvalue weighted by Crippen LogP contribution is 2.23. The van der Waals surface area contributed by atoms with Crippen LogP contribution in [0.1, 0.15) is 13.8 Å². The highest BCUT2D eigenvalue weighted by atomic mass is 32.2. The van der Waals surface area contributed by atoms with Gasteiger partial charge in [0, 0.05) is 32.0 Å². The minimum atomic E-state index is -3.28. The molecule has 0 spiro atoms. The maximum absolute atomic E-state index is 11.7. The van der Waals surface area contributed by atoms with Crippen LogP contribution in [-0.2, 0) is 28.9 Å². The number of hydrogen-bond donors (Lipinski definition) is 1. The highest BCUT2D eigenvalue weighted by Gasteiger charge is 2.38. The molecular weight excluding hydrogens is 310 g/mol. The molecule has 1 N–H and O–H groups in total. The summed E-state index contributed by atoms with van der Waals surface area (Å²) < 4.78 is 32.6. The maximum atomic E-state index is 11.7. The summed E-state index contributed by atoms with van der Waals surface area (Å²) in [5.74, 6) is -2.87. The van der Waals surface area contributed by atoms with E-state index in [0.717, 1.165) is 12.5 Å². The number of esters is 2. The summed E-state index contributed by atoms with van der Waals surface area (Å²) in [6, 6.07) is 5.85. The van der Waals surface area contributed by atoms with E-state index in [2.05, 4.69) is 5.32 Å². The Labute approximate surface area is 127 Å². The van der Waals surface area contributed by atoms with E-state index in [-0.39, 0.29) is 10.5 Å². The fraction of sp³-hybridized carbons (Fsp3) is 0.286. The molecule has 0 unspecified atom stereocenters. The van der Waals surface area contributed by atoms with Crippen LogP contribution >= 0.6 is 0 Å². The number of rotatable bonds is 3. The molecule has 1 aliphatic heterocycles. The number of sulfone groups is 1. The first-order chi connectivity index (χ1) is 10.1. The smallest absolute Gasteiger partial charge is 0.350 e. The van der Waals surface area contributed by atoms with Crippen molar-refractivity contribution < 1.29 is 27.5 Å². The molecule has 7 nitrogen and oxygen atoms in total. The molecule has 0 radical (unpaired) electrons. The molecular formula is C14H15NO6S. The normalized spacial score (nSPS) is 17.5. The van der Waals surface area contributed by atoms with Crippen LogP contribution in [0.2, 0.25) is 0 Å². The van der Waals surface area contributed by atoms with E-state index in [4.69, 9.17) is 9.47 Å². The van der Waals surface area contributed by atoms with Crippen molar-refractivity contribution >= 4 is 27.5 Å². The lowest BCUT2D eigenvalue weighted by molar-refractivity contribution is -0.222. The van der Waals surface area contributed by atoms with Crippen LogP contribution < -0.4 is 5.32 Å². The first-order valence-corrected chi connectivity index (χ1v) is 8.21. The SMILES string of the molecule is CC1(C)OC(=O)C(=CNc2ccc(S(C)(=O)=O)cc2)C(=O)O1. The number of benzene rings is 1. The zero-order valence-corrected chi connectivity index (χ0v) is 13.1. The van der Waals surface area contributed by atoms with Gasteiger partial charge in [-0.2, -0.15) is 0 Å².